The van der Waals surface area contributed by atoms with Crippen molar-refractivity contribution in [1.29, 1.82) is 0 Å². The van der Waals surface area contributed by atoms with Crippen LogP contribution >= 0.6 is 0 Å². The second-order valence-electron chi connectivity index (χ2n) is 5.63. The van der Waals surface area contributed by atoms with Crippen LogP contribution < -0.4 is 0 Å². The fourth-order valence-corrected chi connectivity index (χ4v) is 2.28. The molecule has 0 aliphatic rings. The monoisotopic (exact) mass is 252 g/mol. The lowest BCUT2D eigenvalue weighted by atomic mass is 9.85. The first-order valence-corrected chi connectivity index (χ1v) is 6.30. The van der Waals surface area contributed by atoms with Crippen molar-refractivity contribution in [3.63, 3.8) is 0 Å². The van der Waals surface area contributed by atoms with Crippen molar-refractivity contribution in [3.8, 4) is 5.82 Å². The predicted octanol–water partition coefficient (Wildman–Crippen LogP) is 3.11. The molecule has 0 saturated heterocycles. The highest BCUT2D eigenvalue weighted by molar-refractivity contribution is 5.91. The van der Waals surface area contributed by atoms with Gasteiger partial charge in [-0.05, 0) is 16.4 Å². The molecule has 0 amide bonds. The second kappa shape index (κ2) is 4.16. The number of hydrogen-bond acceptors (Lipinski definition) is 3. The maximum atomic E-state index is 4.58. The molecule has 0 fully saturated rings. The molecule has 0 aliphatic carbocycles. The largest absolute Gasteiger partial charge is 0.236 e. The van der Waals surface area contributed by atoms with Crippen molar-refractivity contribution in [2.45, 2.75) is 26.2 Å². The SMILES string of the molecule is CC(C)(C)c1cnc(-n2cncn2)c2ccccc12. The molecule has 0 spiro atoms. The van der Waals surface area contributed by atoms with Crippen LogP contribution in [0.1, 0.15) is 26.3 Å². The van der Waals surface area contributed by atoms with Gasteiger partial charge in [-0.1, -0.05) is 45.0 Å². The van der Waals surface area contributed by atoms with Gasteiger partial charge in [0, 0.05) is 11.6 Å². The molecule has 0 N–H and O–H groups in total. The van der Waals surface area contributed by atoms with E-state index in [2.05, 4.69) is 54.0 Å². The van der Waals surface area contributed by atoms with Crippen LogP contribution in [-0.4, -0.2) is 19.7 Å². The van der Waals surface area contributed by atoms with Crippen LogP contribution in [0.25, 0.3) is 16.6 Å². The van der Waals surface area contributed by atoms with Gasteiger partial charge in [-0.25, -0.2) is 14.6 Å². The first-order chi connectivity index (χ1) is 9.07. The Labute approximate surface area is 112 Å². The number of hydrogen-bond donors (Lipinski definition) is 0. The quantitative estimate of drug-likeness (QED) is 0.668. The lowest BCUT2D eigenvalue weighted by Gasteiger charge is -2.21. The molecule has 0 radical (unpaired) electrons. The number of pyridine rings is 1. The molecule has 4 nitrogen and oxygen atoms in total. The average Bonchev–Trinajstić information content (AvgIpc) is 2.90. The summed E-state index contributed by atoms with van der Waals surface area (Å²) in [5.74, 6) is 0.820. The topological polar surface area (TPSA) is 43.6 Å². The van der Waals surface area contributed by atoms with Crippen LogP contribution in [0, 0.1) is 0 Å². The molecular formula is C15H16N4. The fourth-order valence-electron chi connectivity index (χ4n) is 2.28. The zero-order chi connectivity index (χ0) is 13.5. The molecule has 0 saturated carbocycles. The normalized spacial score (nSPS) is 11.9. The molecule has 3 rings (SSSR count). The van der Waals surface area contributed by atoms with Crippen molar-refractivity contribution in [2.24, 2.45) is 0 Å². The molecule has 2 aromatic heterocycles. The van der Waals surface area contributed by atoms with E-state index in [-0.39, 0.29) is 5.41 Å². The van der Waals surface area contributed by atoms with Crippen molar-refractivity contribution in [3.05, 3.63) is 48.7 Å². The van der Waals surface area contributed by atoms with Gasteiger partial charge in [0.25, 0.3) is 0 Å². The van der Waals surface area contributed by atoms with Crippen molar-refractivity contribution in [2.75, 3.05) is 0 Å². The minimum absolute atomic E-state index is 0.0630. The maximum Gasteiger partial charge on any atom is 0.163 e. The van der Waals surface area contributed by atoms with Gasteiger partial charge in [-0.3, -0.25) is 0 Å². The maximum absolute atomic E-state index is 4.58. The lowest BCUT2D eigenvalue weighted by Crippen LogP contribution is -2.13. The fraction of sp³-hybridized carbons (Fsp3) is 0.267. The molecule has 2 heterocycles. The third-order valence-electron chi connectivity index (χ3n) is 3.22. The highest BCUT2D eigenvalue weighted by Crippen LogP contribution is 2.31. The van der Waals surface area contributed by atoms with Crippen LogP contribution in [0.4, 0.5) is 0 Å². The molecule has 0 unspecified atom stereocenters. The summed E-state index contributed by atoms with van der Waals surface area (Å²) in [5, 5.41) is 6.49. The molecule has 0 bridgehead atoms. The van der Waals surface area contributed by atoms with E-state index in [0.717, 1.165) is 11.2 Å². The molecule has 0 aliphatic heterocycles. The summed E-state index contributed by atoms with van der Waals surface area (Å²) in [6.07, 6.45) is 5.14. The van der Waals surface area contributed by atoms with Gasteiger partial charge in [0.05, 0.1) is 0 Å². The highest BCUT2D eigenvalue weighted by Gasteiger charge is 2.19. The standard InChI is InChI=1S/C15H16N4/c1-15(2,3)13-8-17-14(19-10-16-9-18-19)12-7-5-4-6-11(12)13/h4-10H,1-3H3. The highest BCUT2D eigenvalue weighted by atomic mass is 15.3. The van der Waals surface area contributed by atoms with E-state index in [4.69, 9.17) is 0 Å². The van der Waals surface area contributed by atoms with E-state index in [9.17, 15) is 0 Å². The van der Waals surface area contributed by atoms with Gasteiger partial charge in [0.2, 0.25) is 0 Å². The Bertz CT molecular complexity index is 709. The molecule has 3 aromatic rings. The molecule has 1 aromatic carbocycles. The molecule has 0 atom stereocenters. The zero-order valence-corrected chi connectivity index (χ0v) is 11.3. The van der Waals surface area contributed by atoms with E-state index >= 15 is 0 Å². The number of fused-ring (bicyclic) bond motifs is 1. The van der Waals surface area contributed by atoms with Gasteiger partial charge in [-0.2, -0.15) is 5.10 Å². The van der Waals surface area contributed by atoms with Gasteiger partial charge in [0.15, 0.2) is 5.82 Å². The summed E-state index contributed by atoms with van der Waals surface area (Å²) in [6, 6.07) is 8.30. The summed E-state index contributed by atoms with van der Waals surface area (Å²) < 4.78 is 1.70. The molecular weight excluding hydrogens is 236 g/mol. The van der Waals surface area contributed by atoms with Gasteiger partial charge < -0.3 is 0 Å². The van der Waals surface area contributed by atoms with E-state index in [0.29, 0.717) is 0 Å². The van der Waals surface area contributed by atoms with Crippen LogP contribution in [0.2, 0.25) is 0 Å². The summed E-state index contributed by atoms with van der Waals surface area (Å²) >= 11 is 0. The van der Waals surface area contributed by atoms with E-state index in [1.54, 1.807) is 11.0 Å². The van der Waals surface area contributed by atoms with E-state index in [1.807, 2.05) is 12.3 Å². The molecule has 19 heavy (non-hydrogen) atoms. The lowest BCUT2D eigenvalue weighted by molar-refractivity contribution is 0.593. The van der Waals surface area contributed by atoms with Gasteiger partial charge in [0.1, 0.15) is 12.7 Å². The first-order valence-electron chi connectivity index (χ1n) is 6.30. The molecule has 4 heteroatoms. The van der Waals surface area contributed by atoms with Gasteiger partial charge >= 0.3 is 0 Å². The van der Waals surface area contributed by atoms with Crippen LogP contribution in [0.3, 0.4) is 0 Å². The Morgan fingerprint density at radius 1 is 1.05 bits per heavy atom. The van der Waals surface area contributed by atoms with Crippen molar-refractivity contribution < 1.29 is 0 Å². The number of nitrogens with zero attached hydrogens (tertiary/aromatic N) is 4. The van der Waals surface area contributed by atoms with Crippen LogP contribution in [0.5, 0.6) is 0 Å². The number of rotatable bonds is 1. The third-order valence-corrected chi connectivity index (χ3v) is 3.22. The smallest absolute Gasteiger partial charge is 0.163 e. The Balaban J connectivity index is 2.35. The van der Waals surface area contributed by atoms with Crippen molar-refractivity contribution in [1.82, 2.24) is 19.7 Å². The number of aromatic nitrogens is 4. The van der Waals surface area contributed by atoms with Gasteiger partial charge in [-0.15, -0.1) is 0 Å². The first kappa shape index (κ1) is 11.8. The summed E-state index contributed by atoms with van der Waals surface area (Å²) in [6.45, 7) is 6.60. The zero-order valence-electron chi connectivity index (χ0n) is 11.3. The second-order valence-corrected chi connectivity index (χ2v) is 5.63. The third kappa shape index (κ3) is 1.99. The Morgan fingerprint density at radius 2 is 1.79 bits per heavy atom. The van der Waals surface area contributed by atoms with E-state index < -0.39 is 0 Å². The minimum atomic E-state index is 0.0630. The van der Waals surface area contributed by atoms with Crippen LogP contribution in [-0.2, 0) is 5.41 Å². The Hall–Kier alpha value is -2.23. The Morgan fingerprint density at radius 3 is 2.42 bits per heavy atom. The Kier molecular flexibility index (Phi) is 2.59. The predicted molar refractivity (Wildman–Crippen MR) is 75.4 cm³/mol. The summed E-state index contributed by atoms with van der Waals surface area (Å²) in [4.78, 5) is 8.56. The number of benzene rings is 1. The summed E-state index contributed by atoms with van der Waals surface area (Å²) in [5.41, 5.74) is 1.31. The van der Waals surface area contributed by atoms with Crippen molar-refractivity contribution >= 4 is 10.8 Å². The van der Waals surface area contributed by atoms with Crippen LogP contribution in [0.15, 0.2) is 43.1 Å². The molecule has 96 valence electrons. The minimum Gasteiger partial charge on any atom is -0.236 e. The summed E-state index contributed by atoms with van der Waals surface area (Å²) in [7, 11) is 0. The average molecular weight is 252 g/mol. The van der Waals surface area contributed by atoms with E-state index in [1.165, 1.54) is 17.3 Å².